The van der Waals surface area contributed by atoms with Gasteiger partial charge in [0.25, 0.3) is 0 Å². The second-order valence-corrected chi connectivity index (χ2v) is 7.03. The molecule has 0 spiro atoms. The smallest absolute Gasteiger partial charge is 0.0541 e. The van der Waals surface area contributed by atoms with Crippen molar-refractivity contribution in [3.63, 3.8) is 0 Å². The Morgan fingerprint density at radius 3 is 1.54 bits per heavy atom. The van der Waals surface area contributed by atoms with Crippen molar-refractivity contribution in [1.29, 1.82) is 0 Å². The summed E-state index contributed by atoms with van der Waals surface area (Å²) in [5, 5.41) is 2.56. The molecule has 1 nitrogen and oxygen atoms in total. The molecule has 5 aromatic rings. The molecule has 0 saturated heterocycles. The van der Waals surface area contributed by atoms with Crippen molar-refractivity contribution in [2.24, 2.45) is 0 Å². The molecular weight excluding hydrogens is 338 g/mol. The summed E-state index contributed by atoms with van der Waals surface area (Å²) >= 11 is 0. The number of fused-ring (bicyclic) bond motifs is 3. The molecule has 0 radical (unpaired) electrons. The molecule has 1 heterocycles. The second kappa shape index (κ2) is 6.76. The van der Waals surface area contributed by atoms with Crippen LogP contribution >= 0.6 is 0 Å². The molecule has 1 heteroatoms. The van der Waals surface area contributed by atoms with E-state index in [9.17, 15) is 0 Å². The molecule has 0 aliphatic carbocycles. The van der Waals surface area contributed by atoms with Gasteiger partial charge >= 0.3 is 0 Å². The predicted molar refractivity (Wildman–Crippen MR) is 118 cm³/mol. The minimum atomic E-state index is 1.02. The number of benzene rings is 4. The Morgan fingerprint density at radius 2 is 1.00 bits per heavy atom. The molecule has 0 amide bonds. The highest BCUT2D eigenvalue weighted by Crippen LogP contribution is 2.31. The molecule has 5 rings (SSSR count). The van der Waals surface area contributed by atoms with Crippen LogP contribution in [0.5, 0.6) is 0 Å². The first-order chi connectivity index (χ1) is 13.8. The summed E-state index contributed by atoms with van der Waals surface area (Å²) in [5.74, 6) is 6.51. The molecular formula is C27H19N. The minimum Gasteiger partial charge on any atom is -0.309 e. The highest BCUT2D eigenvalue weighted by molar-refractivity contribution is 6.09. The largest absolute Gasteiger partial charge is 0.309 e. The zero-order chi connectivity index (χ0) is 18.9. The van der Waals surface area contributed by atoms with Crippen molar-refractivity contribution in [1.82, 2.24) is 4.57 Å². The standard InChI is InChI=1S/C27H19N/c1-20-10-12-21(13-11-20)14-15-22-16-18-23(19-17-22)28-26-8-4-2-6-24(26)25-7-3-5-9-27(25)28/h2-13,16-19H,1H3. The van der Waals surface area contributed by atoms with Gasteiger partial charge in [-0.3, -0.25) is 0 Å². The summed E-state index contributed by atoms with van der Waals surface area (Å²) in [6, 6.07) is 33.9. The number of para-hydroxylation sites is 2. The summed E-state index contributed by atoms with van der Waals surface area (Å²) in [7, 11) is 0. The molecule has 0 aliphatic heterocycles. The van der Waals surface area contributed by atoms with E-state index in [4.69, 9.17) is 0 Å². The number of aromatic nitrogens is 1. The lowest BCUT2D eigenvalue weighted by Crippen LogP contribution is -1.93. The lowest BCUT2D eigenvalue weighted by molar-refractivity contribution is 1.18. The summed E-state index contributed by atoms with van der Waals surface area (Å²) in [6.07, 6.45) is 0. The van der Waals surface area contributed by atoms with Gasteiger partial charge in [-0.2, -0.15) is 0 Å². The van der Waals surface area contributed by atoms with E-state index in [1.54, 1.807) is 0 Å². The van der Waals surface area contributed by atoms with Crippen molar-refractivity contribution >= 4 is 21.8 Å². The Kier molecular flexibility index (Phi) is 3.96. The molecule has 0 bridgehead atoms. The predicted octanol–water partition coefficient (Wildman–Crippen LogP) is 6.49. The summed E-state index contributed by atoms with van der Waals surface area (Å²) in [5.41, 5.74) is 6.91. The maximum absolute atomic E-state index is 3.27. The first-order valence-electron chi connectivity index (χ1n) is 9.47. The van der Waals surface area contributed by atoms with E-state index >= 15 is 0 Å². The van der Waals surface area contributed by atoms with Crippen molar-refractivity contribution in [2.45, 2.75) is 6.92 Å². The van der Waals surface area contributed by atoms with Gasteiger partial charge < -0.3 is 4.57 Å². The van der Waals surface area contributed by atoms with Crippen LogP contribution in [0.3, 0.4) is 0 Å². The molecule has 0 saturated carbocycles. The molecule has 0 fully saturated rings. The third-order valence-electron chi connectivity index (χ3n) is 5.11. The normalized spacial score (nSPS) is 10.8. The Morgan fingerprint density at radius 1 is 0.536 bits per heavy atom. The quantitative estimate of drug-likeness (QED) is 0.302. The molecule has 28 heavy (non-hydrogen) atoms. The first kappa shape index (κ1) is 16.4. The zero-order valence-corrected chi connectivity index (χ0v) is 15.7. The van der Waals surface area contributed by atoms with Gasteiger partial charge in [-0.05, 0) is 55.5 Å². The molecule has 0 atom stereocenters. The molecule has 0 aliphatic rings. The molecule has 0 unspecified atom stereocenters. The third-order valence-corrected chi connectivity index (χ3v) is 5.11. The highest BCUT2D eigenvalue weighted by Gasteiger charge is 2.10. The van der Waals surface area contributed by atoms with Gasteiger partial charge in [0, 0.05) is 27.6 Å². The summed E-state index contributed by atoms with van der Waals surface area (Å²) in [6.45, 7) is 2.09. The number of aryl methyl sites for hydroxylation is 1. The maximum Gasteiger partial charge on any atom is 0.0541 e. The van der Waals surface area contributed by atoms with Crippen molar-refractivity contribution < 1.29 is 0 Å². The van der Waals surface area contributed by atoms with Crippen LogP contribution in [0.15, 0.2) is 97.1 Å². The lowest BCUT2D eigenvalue weighted by atomic mass is 10.1. The van der Waals surface area contributed by atoms with Crippen LogP contribution in [0, 0.1) is 18.8 Å². The fourth-order valence-corrected chi connectivity index (χ4v) is 3.68. The van der Waals surface area contributed by atoms with E-state index in [0.29, 0.717) is 0 Å². The Labute approximate surface area is 164 Å². The maximum atomic E-state index is 3.27. The van der Waals surface area contributed by atoms with E-state index in [-0.39, 0.29) is 0 Å². The van der Waals surface area contributed by atoms with Crippen LogP contribution < -0.4 is 0 Å². The van der Waals surface area contributed by atoms with Gasteiger partial charge in [0.1, 0.15) is 0 Å². The number of hydrogen-bond donors (Lipinski definition) is 0. The molecule has 4 aromatic carbocycles. The van der Waals surface area contributed by atoms with E-state index in [2.05, 4.69) is 120 Å². The Balaban J connectivity index is 1.57. The van der Waals surface area contributed by atoms with Crippen LogP contribution in [-0.2, 0) is 0 Å². The Hall–Kier alpha value is -3.76. The summed E-state index contributed by atoms with van der Waals surface area (Å²) < 4.78 is 2.32. The van der Waals surface area contributed by atoms with E-state index in [0.717, 1.165) is 16.8 Å². The fraction of sp³-hybridized carbons (Fsp3) is 0.0370. The number of rotatable bonds is 1. The van der Waals surface area contributed by atoms with E-state index in [1.807, 2.05) is 0 Å². The van der Waals surface area contributed by atoms with Crippen molar-refractivity contribution in [3.05, 3.63) is 114 Å². The van der Waals surface area contributed by atoms with Crippen molar-refractivity contribution in [2.75, 3.05) is 0 Å². The average molecular weight is 357 g/mol. The van der Waals surface area contributed by atoms with Crippen LogP contribution in [0.25, 0.3) is 27.5 Å². The summed E-state index contributed by atoms with van der Waals surface area (Å²) in [4.78, 5) is 0. The minimum absolute atomic E-state index is 1.02. The monoisotopic (exact) mass is 357 g/mol. The molecule has 0 N–H and O–H groups in total. The van der Waals surface area contributed by atoms with Gasteiger partial charge in [-0.1, -0.05) is 65.9 Å². The average Bonchev–Trinajstić information content (AvgIpc) is 3.08. The van der Waals surface area contributed by atoms with Crippen LogP contribution in [0.2, 0.25) is 0 Å². The van der Waals surface area contributed by atoms with E-state index < -0.39 is 0 Å². The molecule has 1 aromatic heterocycles. The topological polar surface area (TPSA) is 4.93 Å². The van der Waals surface area contributed by atoms with Gasteiger partial charge in [-0.25, -0.2) is 0 Å². The molecule has 132 valence electrons. The van der Waals surface area contributed by atoms with Crippen molar-refractivity contribution in [3.8, 4) is 17.5 Å². The van der Waals surface area contributed by atoms with Gasteiger partial charge in [0.2, 0.25) is 0 Å². The van der Waals surface area contributed by atoms with Gasteiger partial charge in [-0.15, -0.1) is 0 Å². The van der Waals surface area contributed by atoms with Gasteiger partial charge in [0.15, 0.2) is 0 Å². The number of hydrogen-bond acceptors (Lipinski definition) is 0. The zero-order valence-electron chi connectivity index (χ0n) is 15.7. The first-order valence-corrected chi connectivity index (χ1v) is 9.47. The highest BCUT2D eigenvalue weighted by atomic mass is 15.0. The second-order valence-electron chi connectivity index (χ2n) is 7.03. The van der Waals surface area contributed by atoms with Crippen LogP contribution in [0.1, 0.15) is 16.7 Å². The SMILES string of the molecule is Cc1ccc(C#Cc2ccc(-n3c4ccccc4c4ccccc43)cc2)cc1. The number of nitrogens with zero attached hydrogens (tertiary/aromatic N) is 1. The Bertz CT molecular complexity index is 1290. The lowest BCUT2D eigenvalue weighted by Gasteiger charge is -2.07. The van der Waals surface area contributed by atoms with E-state index in [1.165, 1.54) is 27.4 Å². The third kappa shape index (κ3) is 2.86. The fourth-order valence-electron chi connectivity index (χ4n) is 3.68. The van der Waals surface area contributed by atoms with Gasteiger partial charge in [0.05, 0.1) is 11.0 Å². The van der Waals surface area contributed by atoms with Crippen LogP contribution in [-0.4, -0.2) is 4.57 Å². The van der Waals surface area contributed by atoms with Crippen LogP contribution in [0.4, 0.5) is 0 Å².